The largest absolute Gasteiger partial charge is 0.271 e. The van der Waals surface area contributed by atoms with Crippen molar-refractivity contribution >= 4 is 46.5 Å². The highest BCUT2D eigenvalue weighted by atomic mass is 35.5. The van der Waals surface area contributed by atoms with E-state index in [0.29, 0.717) is 16.6 Å². The van der Waals surface area contributed by atoms with Crippen LogP contribution in [0.25, 0.3) is 22.0 Å². The molecule has 116 valence electrons. The summed E-state index contributed by atoms with van der Waals surface area (Å²) in [5.41, 5.74) is 6.50. The van der Waals surface area contributed by atoms with Gasteiger partial charge in [0.05, 0.1) is 12.2 Å². The first kappa shape index (κ1) is 17.1. The molecule has 0 aliphatic heterocycles. The van der Waals surface area contributed by atoms with Crippen molar-refractivity contribution in [2.75, 3.05) is 0 Å². The number of nitrogens with one attached hydrogen (secondary N) is 1. The van der Waals surface area contributed by atoms with Gasteiger partial charge in [0.25, 0.3) is 0 Å². The van der Waals surface area contributed by atoms with Gasteiger partial charge in [0.1, 0.15) is 5.52 Å². The van der Waals surface area contributed by atoms with E-state index in [1.54, 1.807) is 6.07 Å². The summed E-state index contributed by atoms with van der Waals surface area (Å²) in [6.45, 7) is 0.546. The molecule has 3 N–H and O–H groups in total. The van der Waals surface area contributed by atoms with Gasteiger partial charge in [0.15, 0.2) is 0 Å². The maximum atomic E-state index is 6.32. The number of nitrogens with two attached hydrogens (primary N) is 1. The van der Waals surface area contributed by atoms with E-state index in [1.165, 1.54) is 0 Å². The van der Waals surface area contributed by atoms with E-state index in [1.807, 2.05) is 42.1 Å². The lowest BCUT2D eigenvalue weighted by molar-refractivity contribution is 0.652. The van der Waals surface area contributed by atoms with Gasteiger partial charge in [-0.1, -0.05) is 47.5 Å². The van der Waals surface area contributed by atoms with Crippen LogP contribution in [0, 0.1) is 0 Å². The van der Waals surface area contributed by atoms with Crippen LogP contribution in [-0.4, -0.2) is 9.78 Å². The number of hydrazine groups is 1. The van der Waals surface area contributed by atoms with Crippen LogP contribution in [0.3, 0.4) is 0 Å². The summed E-state index contributed by atoms with van der Waals surface area (Å²) in [5.74, 6) is 5.44. The molecule has 4 nitrogen and oxygen atoms in total. The number of halogens is 3. The van der Waals surface area contributed by atoms with E-state index in [4.69, 9.17) is 29.0 Å². The molecule has 0 saturated carbocycles. The first-order valence-corrected chi connectivity index (χ1v) is 7.21. The molecular formula is C15H15Cl3N4. The van der Waals surface area contributed by atoms with Crippen LogP contribution < -0.4 is 11.3 Å². The van der Waals surface area contributed by atoms with E-state index in [9.17, 15) is 0 Å². The van der Waals surface area contributed by atoms with Gasteiger partial charge < -0.3 is 0 Å². The molecule has 7 heteroatoms. The Morgan fingerprint density at radius 1 is 1.18 bits per heavy atom. The van der Waals surface area contributed by atoms with Gasteiger partial charge in [-0.15, -0.1) is 12.4 Å². The zero-order chi connectivity index (χ0) is 15.0. The van der Waals surface area contributed by atoms with Crippen molar-refractivity contribution < 1.29 is 0 Å². The highest BCUT2D eigenvalue weighted by Gasteiger charge is 2.14. The zero-order valence-electron chi connectivity index (χ0n) is 11.8. The van der Waals surface area contributed by atoms with Gasteiger partial charge in [-0.25, -0.2) is 0 Å². The lowest BCUT2D eigenvalue weighted by Gasteiger charge is -2.06. The van der Waals surface area contributed by atoms with E-state index in [-0.39, 0.29) is 12.4 Å². The summed E-state index contributed by atoms with van der Waals surface area (Å²) < 4.78 is 1.83. The Balaban J connectivity index is 0.00000176. The van der Waals surface area contributed by atoms with Crippen LogP contribution >= 0.6 is 35.6 Å². The molecule has 0 fully saturated rings. The fourth-order valence-corrected chi connectivity index (χ4v) is 3.01. The van der Waals surface area contributed by atoms with Crippen LogP contribution in [-0.2, 0) is 13.6 Å². The van der Waals surface area contributed by atoms with Gasteiger partial charge >= 0.3 is 0 Å². The van der Waals surface area contributed by atoms with Gasteiger partial charge in [-0.05, 0) is 12.1 Å². The molecule has 0 spiro atoms. The average molecular weight is 358 g/mol. The molecule has 0 aliphatic rings. The van der Waals surface area contributed by atoms with Crippen molar-refractivity contribution in [3.05, 3.63) is 52.1 Å². The van der Waals surface area contributed by atoms with Crippen molar-refractivity contribution in [2.24, 2.45) is 12.9 Å². The van der Waals surface area contributed by atoms with Crippen molar-refractivity contribution in [3.8, 4) is 11.1 Å². The number of hydrogen-bond acceptors (Lipinski definition) is 3. The number of hydrogen-bond donors (Lipinski definition) is 2. The van der Waals surface area contributed by atoms with E-state index in [0.717, 1.165) is 27.7 Å². The first-order valence-electron chi connectivity index (χ1n) is 6.45. The fraction of sp³-hybridized carbons (Fsp3) is 0.133. The highest BCUT2D eigenvalue weighted by molar-refractivity contribution is 6.36. The molecule has 2 aromatic carbocycles. The second-order valence-corrected chi connectivity index (χ2v) is 5.62. The molecular weight excluding hydrogens is 343 g/mol. The second-order valence-electron chi connectivity index (χ2n) is 4.78. The summed E-state index contributed by atoms with van der Waals surface area (Å²) in [6.07, 6.45) is 0. The molecule has 3 aromatic rings. The van der Waals surface area contributed by atoms with Crippen molar-refractivity contribution in [2.45, 2.75) is 6.54 Å². The minimum Gasteiger partial charge on any atom is -0.271 e. The minimum absolute atomic E-state index is 0. The molecule has 1 aromatic heterocycles. The molecule has 0 saturated heterocycles. The van der Waals surface area contributed by atoms with Gasteiger partial charge in [0.2, 0.25) is 0 Å². The highest BCUT2D eigenvalue weighted by Crippen LogP contribution is 2.35. The van der Waals surface area contributed by atoms with Crippen LogP contribution in [0.5, 0.6) is 0 Å². The lowest BCUT2D eigenvalue weighted by Crippen LogP contribution is -2.22. The van der Waals surface area contributed by atoms with Crippen molar-refractivity contribution in [3.63, 3.8) is 0 Å². The van der Waals surface area contributed by atoms with Crippen LogP contribution in [0.15, 0.2) is 36.4 Å². The number of aryl methyl sites for hydroxylation is 1. The fourth-order valence-electron chi connectivity index (χ4n) is 2.50. The van der Waals surface area contributed by atoms with Crippen molar-refractivity contribution in [1.82, 2.24) is 15.2 Å². The van der Waals surface area contributed by atoms with Crippen molar-refractivity contribution in [1.29, 1.82) is 0 Å². The van der Waals surface area contributed by atoms with Gasteiger partial charge in [0, 0.05) is 33.6 Å². The number of fused-ring (bicyclic) bond motifs is 1. The second kappa shape index (κ2) is 6.86. The molecule has 0 radical (unpaired) electrons. The summed E-state index contributed by atoms with van der Waals surface area (Å²) in [4.78, 5) is 0. The number of nitrogens with zero attached hydrogens (tertiary/aromatic N) is 2. The predicted octanol–water partition coefficient (Wildman–Crippen LogP) is 3.93. The Kier molecular flexibility index (Phi) is 5.32. The van der Waals surface area contributed by atoms with Crippen LogP contribution in [0.1, 0.15) is 5.69 Å². The summed E-state index contributed by atoms with van der Waals surface area (Å²) in [5, 5.41) is 6.88. The molecule has 1 heterocycles. The number of benzene rings is 2. The quantitative estimate of drug-likeness (QED) is 0.551. The maximum absolute atomic E-state index is 6.32. The Morgan fingerprint density at radius 2 is 1.95 bits per heavy atom. The zero-order valence-corrected chi connectivity index (χ0v) is 14.1. The standard InChI is InChI=1S/C15H14Cl2N4.ClH/c1-21-14(8-19-18)12-4-2-3-11(15(12)20-21)10-6-5-9(16)7-13(10)17;/h2-7,19H,8,18H2,1H3;1H. The van der Waals surface area contributed by atoms with Gasteiger partial charge in [-0.2, -0.15) is 5.10 Å². The third kappa shape index (κ3) is 2.93. The summed E-state index contributed by atoms with van der Waals surface area (Å²) in [7, 11) is 1.90. The first-order chi connectivity index (χ1) is 10.1. The summed E-state index contributed by atoms with van der Waals surface area (Å²) >= 11 is 12.3. The molecule has 0 amide bonds. The monoisotopic (exact) mass is 356 g/mol. The summed E-state index contributed by atoms with van der Waals surface area (Å²) in [6, 6.07) is 11.5. The van der Waals surface area contributed by atoms with E-state index < -0.39 is 0 Å². The smallest absolute Gasteiger partial charge is 0.100 e. The molecule has 0 atom stereocenters. The molecule has 0 bridgehead atoms. The molecule has 0 aliphatic carbocycles. The van der Waals surface area contributed by atoms with Gasteiger partial charge in [-0.3, -0.25) is 16.0 Å². The third-order valence-electron chi connectivity index (χ3n) is 3.48. The van der Waals surface area contributed by atoms with E-state index >= 15 is 0 Å². The van der Waals surface area contributed by atoms with E-state index in [2.05, 4.69) is 10.5 Å². The molecule has 22 heavy (non-hydrogen) atoms. The number of aromatic nitrogens is 2. The Morgan fingerprint density at radius 3 is 2.64 bits per heavy atom. The molecule has 0 unspecified atom stereocenters. The third-order valence-corrected chi connectivity index (χ3v) is 4.03. The Labute approximate surface area is 144 Å². The normalized spacial score (nSPS) is 10.7. The topological polar surface area (TPSA) is 55.9 Å². The van der Waals surface area contributed by atoms with Crippen LogP contribution in [0.4, 0.5) is 0 Å². The van der Waals surface area contributed by atoms with Crippen LogP contribution in [0.2, 0.25) is 10.0 Å². The lowest BCUT2D eigenvalue weighted by atomic mass is 10.0. The Hall–Kier alpha value is -1.30. The minimum atomic E-state index is 0. The SMILES string of the molecule is Cl.Cn1nc2c(-c3ccc(Cl)cc3Cl)cccc2c1CNN. The average Bonchev–Trinajstić information content (AvgIpc) is 2.76. The number of rotatable bonds is 3. The Bertz CT molecular complexity index is 814. The maximum Gasteiger partial charge on any atom is 0.100 e. The predicted molar refractivity (Wildman–Crippen MR) is 94.4 cm³/mol. The molecule has 3 rings (SSSR count).